The van der Waals surface area contributed by atoms with Gasteiger partial charge in [0.2, 0.25) is 5.91 Å². The molecule has 6 nitrogen and oxygen atoms in total. The van der Waals surface area contributed by atoms with Crippen LogP contribution in [-0.2, 0) is 9.59 Å². The largest absolute Gasteiger partial charge is 0.326 e. The van der Waals surface area contributed by atoms with Crippen molar-refractivity contribution >= 4 is 23.5 Å². The highest BCUT2D eigenvalue weighted by atomic mass is 16.2. The van der Waals surface area contributed by atoms with E-state index >= 15 is 0 Å². The van der Waals surface area contributed by atoms with Crippen LogP contribution >= 0.6 is 0 Å². The third-order valence-corrected chi connectivity index (χ3v) is 2.34. The fourth-order valence-electron chi connectivity index (χ4n) is 1.61. The van der Waals surface area contributed by atoms with Gasteiger partial charge in [-0.3, -0.25) is 14.9 Å². The average Bonchev–Trinajstić information content (AvgIpc) is 2.58. The Morgan fingerprint density at radius 1 is 1.24 bits per heavy atom. The van der Waals surface area contributed by atoms with Crippen LogP contribution in [0.2, 0.25) is 0 Å². The van der Waals surface area contributed by atoms with Gasteiger partial charge in [0, 0.05) is 12.6 Å². The van der Waals surface area contributed by atoms with Gasteiger partial charge in [0.15, 0.2) is 0 Å². The molecule has 0 aromatic heterocycles. The van der Waals surface area contributed by atoms with Crippen LogP contribution < -0.4 is 16.0 Å². The maximum Gasteiger partial charge on any atom is 0.322 e. The number of hydrogen-bond donors (Lipinski definition) is 3. The van der Waals surface area contributed by atoms with Crippen LogP contribution in [0.5, 0.6) is 0 Å². The summed E-state index contributed by atoms with van der Waals surface area (Å²) in [6.45, 7) is 1.42. The van der Waals surface area contributed by atoms with Crippen LogP contribution in [0.15, 0.2) is 24.3 Å². The van der Waals surface area contributed by atoms with E-state index in [0.29, 0.717) is 11.3 Å². The molecule has 1 fully saturated rings. The molecule has 1 aromatic carbocycles. The van der Waals surface area contributed by atoms with Gasteiger partial charge in [-0.05, 0) is 17.7 Å². The number of benzene rings is 1. The van der Waals surface area contributed by atoms with Crippen molar-refractivity contribution in [3.63, 3.8) is 0 Å². The molecular weight excluding hydrogens is 222 g/mol. The molecule has 0 aliphatic carbocycles. The molecule has 1 unspecified atom stereocenters. The summed E-state index contributed by atoms with van der Waals surface area (Å²) in [7, 11) is 0. The predicted octanol–water partition coefficient (Wildman–Crippen LogP) is 0.525. The van der Waals surface area contributed by atoms with E-state index in [0.717, 1.165) is 0 Å². The zero-order chi connectivity index (χ0) is 12.4. The second-order valence-corrected chi connectivity index (χ2v) is 3.70. The molecule has 0 spiro atoms. The number of nitrogens with one attached hydrogen (secondary N) is 3. The van der Waals surface area contributed by atoms with Crippen LogP contribution in [0.25, 0.3) is 0 Å². The summed E-state index contributed by atoms with van der Waals surface area (Å²) in [6.07, 6.45) is 0. The molecule has 0 bridgehead atoms. The van der Waals surface area contributed by atoms with Gasteiger partial charge < -0.3 is 10.6 Å². The molecular formula is C11H11N3O3. The lowest BCUT2D eigenvalue weighted by atomic mass is 10.1. The highest BCUT2D eigenvalue weighted by Gasteiger charge is 2.30. The van der Waals surface area contributed by atoms with Crippen molar-refractivity contribution in [3.8, 4) is 0 Å². The Hall–Kier alpha value is -2.37. The van der Waals surface area contributed by atoms with Crippen LogP contribution in [0.3, 0.4) is 0 Å². The fraction of sp³-hybridized carbons (Fsp3) is 0.182. The van der Waals surface area contributed by atoms with Gasteiger partial charge >= 0.3 is 6.03 Å². The third kappa shape index (κ3) is 2.41. The summed E-state index contributed by atoms with van der Waals surface area (Å²) in [5, 5.41) is 7.26. The predicted molar refractivity (Wildman–Crippen MR) is 60.2 cm³/mol. The molecule has 6 heteroatoms. The zero-order valence-electron chi connectivity index (χ0n) is 9.11. The number of amides is 4. The summed E-state index contributed by atoms with van der Waals surface area (Å²) >= 11 is 0. The van der Waals surface area contributed by atoms with Crippen LogP contribution in [-0.4, -0.2) is 17.8 Å². The Bertz CT molecular complexity index is 481. The van der Waals surface area contributed by atoms with Crippen molar-refractivity contribution in [2.75, 3.05) is 5.32 Å². The monoisotopic (exact) mass is 233 g/mol. The third-order valence-electron chi connectivity index (χ3n) is 2.34. The minimum absolute atomic E-state index is 0.162. The lowest BCUT2D eigenvalue weighted by molar-refractivity contribution is -0.120. The molecule has 1 aromatic rings. The molecule has 0 radical (unpaired) electrons. The Kier molecular flexibility index (Phi) is 2.78. The van der Waals surface area contributed by atoms with E-state index < -0.39 is 12.1 Å². The summed E-state index contributed by atoms with van der Waals surface area (Å²) in [5.74, 6) is -0.535. The molecule has 0 saturated carbocycles. The van der Waals surface area contributed by atoms with Gasteiger partial charge in [0.05, 0.1) is 0 Å². The Morgan fingerprint density at radius 3 is 2.35 bits per heavy atom. The smallest absolute Gasteiger partial charge is 0.322 e. The van der Waals surface area contributed by atoms with E-state index in [1.807, 2.05) is 0 Å². The minimum atomic E-state index is -0.658. The minimum Gasteiger partial charge on any atom is -0.326 e. The standard InChI is InChI=1S/C11H11N3O3/c1-6(15)12-8-4-2-7(3-5-8)9-10(16)14-11(17)13-9/h2-5,9H,1H3,(H,12,15)(H2,13,14,16,17). The maximum absolute atomic E-state index is 11.4. The van der Waals surface area contributed by atoms with E-state index in [4.69, 9.17) is 0 Å². The number of hydrogen-bond acceptors (Lipinski definition) is 3. The van der Waals surface area contributed by atoms with Gasteiger partial charge in [-0.1, -0.05) is 12.1 Å². The molecule has 1 aliphatic rings. The molecule has 1 heterocycles. The number of carbonyl (C=O) groups is 3. The lowest BCUT2D eigenvalue weighted by Crippen LogP contribution is -2.22. The molecule has 17 heavy (non-hydrogen) atoms. The SMILES string of the molecule is CC(=O)Nc1ccc(C2NC(=O)NC2=O)cc1. The number of urea groups is 1. The van der Waals surface area contributed by atoms with Gasteiger partial charge in [0.1, 0.15) is 6.04 Å². The number of rotatable bonds is 2. The Labute approximate surface area is 97.4 Å². The summed E-state index contributed by atoms with van der Waals surface area (Å²) in [5.41, 5.74) is 1.31. The summed E-state index contributed by atoms with van der Waals surface area (Å²) in [6, 6.07) is 5.56. The number of imide groups is 1. The highest BCUT2D eigenvalue weighted by molar-refractivity contribution is 6.04. The van der Waals surface area contributed by atoms with E-state index in [1.54, 1.807) is 24.3 Å². The average molecular weight is 233 g/mol. The first-order chi connectivity index (χ1) is 8.06. The second-order valence-electron chi connectivity index (χ2n) is 3.70. The first kappa shape index (κ1) is 11.1. The summed E-state index contributed by atoms with van der Waals surface area (Å²) < 4.78 is 0. The van der Waals surface area contributed by atoms with Crippen molar-refractivity contribution in [1.29, 1.82) is 0 Å². The van der Waals surface area contributed by atoms with E-state index in [9.17, 15) is 14.4 Å². The van der Waals surface area contributed by atoms with Crippen LogP contribution in [0.1, 0.15) is 18.5 Å². The van der Waals surface area contributed by atoms with Crippen molar-refractivity contribution < 1.29 is 14.4 Å². The first-order valence-electron chi connectivity index (χ1n) is 5.05. The molecule has 1 saturated heterocycles. The van der Waals surface area contributed by atoms with Crippen molar-refractivity contribution in [3.05, 3.63) is 29.8 Å². The maximum atomic E-state index is 11.4. The number of anilines is 1. The summed E-state index contributed by atoms with van der Waals surface area (Å²) in [4.78, 5) is 33.2. The lowest BCUT2D eigenvalue weighted by Gasteiger charge is -2.08. The van der Waals surface area contributed by atoms with E-state index in [-0.39, 0.29) is 11.8 Å². The molecule has 4 amide bonds. The molecule has 88 valence electrons. The second kappa shape index (κ2) is 4.25. The first-order valence-corrected chi connectivity index (χ1v) is 5.05. The Balaban J connectivity index is 2.15. The van der Waals surface area contributed by atoms with Crippen LogP contribution in [0.4, 0.5) is 10.5 Å². The molecule has 2 rings (SSSR count). The molecule has 3 N–H and O–H groups in total. The fourth-order valence-corrected chi connectivity index (χ4v) is 1.61. The van der Waals surface area contributed by atoms with Crippen molar-refractivity contribution in [2.24, 2.45) is 0 Å². The topological polar surface area (TPSA) is 87.3 Å². The molecule has 1 aliphatic heterocycles. The highest BCUT2D eigenvalue weighted by Crippen LogP contribution is 2.18. The zero-order valence-corrected chi connectivity index (χ0v) is 9.11. The normalized spacial score (nSPS) is 18.5. The van der Waals surface area contributed by atoms with Crippen LogP contribution in [0, 0.1) is 0 Å². The number of carbonyl (C=O) groups excluding carboxylic acids is 3. The van der Waals surface area contributed by atoms with Gasteiger partial charge in [-0.25, -0.2) is 4.79 Å². The van der Waals surface area contributed by atoms with Crippen molar-refractivity contribution in [2.45, 2.75) is 13.0 Å². The van der Waals surface area contributed by atoms with E-state index in [2.05, 4.69) is 16.0 Å². The van der Waals surface area contributed by atoms with Gasteiger partial charge in [-0.15, -0.1) is 0 Å². The quantitative estimate of drug-likeness (QED) is 0.651. The van der Waals surface area contributed by atoms with Crippen molar-refractivity contribution in [1.82, 2.24) is 10.6 Å². The Morgan fingerprint density at radius 2 is 1.88 bits per heavy atom. The molecule has 1 atom stereocenters. The van der Waals surface area contributed by atoms with E-state index in [1.165, 1.54) is 6.92 Å². The van der Waals surface area contributed by atoms with Gasteiger partial charge in [0.25, 0.3) is 5.91 Å². The van der Waals surface area contributed by atoms with Gasteiger partial charge in [-0.2, -0.15) is 0 Å².